The second-order valence-electron chi connectivity index (χ2n) is 2.65. The first kappa shape index (κ1) is 6.62. The lowest BCUT2D eigenvalue weighted by atomic mass is 9.93. The third-order valence-corrected chi connectivity index (χ3v) is 1.78. The Kier molecular flexibility index (Phi) is 1.76. The average Bonchev–Trinajstić information content (AvgIpc) is 1.60. The Labute approximate surface area is 55.7 Å². The van der Waals surface area contributed by atoms with Crippen molar-refractivity contribution in [1.29, 1.82) is 0 Å². The van der Waals surface area contributed by atoms with Crippen LogP contribution in [0.25, 0.3) is 0 Å². The summed E-state index contributed by atoms with van der Waals surface area (Å²) in [7, 11) is 0. The Morgan fingerprint density at radius 2 is 2.22 bits per heavy atom. The molecular formula is C7H12NO-. The second-order valence-corrected chi connectivity index (χ2v) is 2.65. The fourth-order valence-electron chi connectivity index (χ4n) is 0.933. The number of hydrogen-bond donors (Lipinski definition) is 0. The van der Waals surface area contributed by atoms with Gasteiger partial charge >= 0.3 is 0 Å². The Morgan fingerprint density at radius 3 is 2.33 bits per heavy atom. The zero-order valence-corrected chi connectivity index (χ0v) is 5.76. The van der Waals surface area contributed by atoms with Crippen LogP contribution in [0.4, 0.5) is 0 Å². The van der Waals surface area contributed by atoms with Gasteiger partial charge in [-0.15, -0.1) is 0 Å². The summed E-state index contributed by atoms with van der Waals surface area (Å²) in [5.74, 6) is 0. The van der Waals surface area contributed by atoms with E-state index in [1.54, 1.807) is 6.92 Å². The molecule has 0 aromatic heterocycles. The van der Waals surface area contributed by atoms with Crippen LogP contribution in [-0.4, -0.2) is 11.1 Å². The van der Waals surface area contributed by atoms with Gasteiger partial charge < -0.3 is 10.3 Å². The largest absolute Gasteiger partial charge is 0.758 e. The van der Waals surface area contributed by atoms with Crippen molar-refractivity contribution in [2.24, 2.45) is 0 Å². The maximum atomic E-state index is 10.9. The van der Waals surface area contributed by atoms with Gasteiger partial charge in [0.2, 0.25) is 0 Å². The summed E-state index contributed by atoms with van der Waals surface area (Å²) in [5, 5.41) is 12.0. The predicted molar refractivity (Wildman–Crippen MR) is 37.7 cm³/mol. The number of hydrogen-bond acceptors (Lipinski definition) is 2. The normalized spacial score (nSPS) is 18.9. The first-order valence-electron chi connectivity index (χ1n) is 3.33. The van der Waals surface area contributed by atoms with E-state index in [4.69, 9.17) is 0 Å². The Hall–Kier alpha value is -0.500. The van der Waals surface area contributed by atoms with Crippen molar-refractivity contribution in [1.82, 2.24) is 5.06 Å². The van der Waals surface area contributed by atoms with Gasteiger partial charge in [0.1, 0.15) is 0 Å². The van der Waals surface area contributed by atoms with Gasteiger partial charge in [0.05, 0.1) is 0 Å². The Bertz CT molecular complexity index is 118. The molecule has 0 atom stereocenters. The molecule has 1 rings (SSSR count). The van der Waals surface area contributed by atoms with Crippen LogP contribution in [0.3, 0.4) is 0 Å². The molecular weight excluding hydrogens is 114 g/mol. The van der Waals surface area contributed by atoms with Crippen molar-refractivity contribution >= 4 is 0 Å². The highest BCUT2D eigenvalue weighted by molar-refractivity contribution is 4.95. The van der Waals surface area contributed by atoms with E-state index in [1.165, 1.54) is 6.42 Å². The molecule has 1 saturated carbocycles. The molecule has 2 heteroatoms. The molecule has 0 unspecified atom stereocenters. The number of nitrogens with zero attached hydrogens (tertiary/aromatic N) is 1. The van der Waals surface area contributed by atoms with E-state index in [0.29, 0.717) is 5.70 Å². The van der Waals surface area contributed by atoms with E-state index in [-0.39, 0.29) is 6.04 Å². The molecule has 52 valence electrons. The number of allylic oxidation sites excluding steroid dienone is 1. The van der Waals surface area contributed by atoms with Crippen molar-refractivity contribution in [2.45, 2.75) is 32.2 Å². The number of hydroxylamine groups is 2. The van der Waals surface area contributed by atoms with Crippen molar-refractivity contribution in [2.75, 3.05) is 0 Å². The van der Waals surface area contributed by atoms with Crippen LogP contribution in [0.2, 0.25) is 0 Å². The summed E-state index contributed by atoms with van der Waals surface area (Å²) < 4.78 is 0. The van der Waals surface area contributed by atoms with Gasteiger partial charge in [0, 0.05) is 6.04 Å². The summed E-state index contributed by atoms with van der Waals surface area (Å²) in [6.07, 6.45) is 3.31. The Balaban J connectivity index is 2.32. The zero-order chi connectivity index (χ0) is 6.85. The lowest BCUT2D eigenvalue weighted by Gasteiger charge is -2.44. The van der Waals surface area contributed by atoms with Crippen LogP contribution in [0.5, 0.6) is 0 Å². The third-order valence-electron chi connectivity index (χ3n) is 1.78. The molecule has 0 aliphatic heterocycles. The van der Waals surface area contributed by atoms with Gasteiger partial charge in [-0.2, -0.15) is 0 Å². The van der Waals surface area contributed by atoms with Crippen molar-refractivity contribution in [3.05, 3.63) is 17.5 Å². The highest BCUT2D eigenvalue weighted by atomic mass is 16.5. The molecule has 2 nitrogen and oxygen atoms in total. The minimum atomic E-state index is 0.252. The van der Waals surface area contributed by atoms with Crippen LogP contribution in [0.15, 0.2) is 12.3 Å². The van der Waals surface area contributed by atoms with Crippen molar-refractivity contribution < 1.29 is 0 Å². The molecule has 0 spiro atoms. The molecule has 1 aliphatic rings. The van der Waals surface area contributed by atoms with Gasteiger partial charge in [0.15, 0.2) is 0 Å². The molecule has 1 aliphatic carbocycles. The van der Waals surface area contributed by atoms with Gasteiger partial charge in [-0.3, -0.25) is 0 Å². The molecule has 0 N–H and O–H groups in total. The van der Waals surface area contributed by atoms with Crippen molar-refractivity contribution in [3.8, 4) is 0 Å². The standard InChI is InChI=1S/C7H12NO/c1-6(2)8(9)7-4-3-5-7/h7H,1,3-5H2,2H3/q-1. The molecule has 0 bridgehead atoms. The minimum absolute atomic E-state index is 0.252. The first-order valence-corrected chi connectivity index (χ1v) is 3.33. The zero-order valence-electron chi connectivity index (χ0n) is 5.76. The van der Waals surface area contributed by atoms with Crippen molar-refractivity contribution in [3.63, 3.8) is 0 Å². The van der Waals surface area contributed by atoms with Crippen LogP contribution in [0, 0.1) is 5.21 Å². The highest BCUT2D eigenvalue weighted by Gasteiger charge is 2.17. The van der Waals surface area contributed by atoms with E-state index >= 15 is 0 Å². The van der Waals surface area contributed by atoms with Crippen LogP contribution in [0.1, 0.15) is 26.2 Å². The van der Waals surface area contributed by atoms with Crippen LogP contribution in [-0.2, 0) is 0 Å². The fraction of sp³-hybridized carbons (Fsp3) is 0.714. The lowest BCUT2D eigenvalue weighted by Crippen LogP contribution is -2.34. The van der Waals surface area contributed by atoms with E-state index in [9.17, 15) is 5.21 Å². The minimum Gasteiger partial charge on any atom is -0.758 e. The topological polar surface area (TPSA) is 26.3 Å². The summed E-state index contributed by atoms with van der Waals surface area (Å²) in [4.78, 5) is 0. The monoisotopic (exact) mass is 126 g/mol. The third kappa shape index (κ3) is 1.24. The first-order chi connectivity index (χ1) is 4.22. The van der Waals surface area contributed by atoms with Gasteiger partial charge in [-0.25, -0.2) is 0 Å². The SMILES string of the molecule is C=C(C)N([O-])C1CCC1. The van der Waals surface area contributed by atoms with Crippen LogP contribution >= 0.6 is 0 Å². The maximum absolute atomic E-state index is 10.9. The molecule has 0 heterocycles. The fourth-order valence-corrected chi connectivity index (χ4v) is 0.933. The molecule has 0 saturated heterocycles. The summed E-state index contributed by atoms with van der Waals surface area (Å²) in [6, 6.07) is 0.252. The van der Waals surface area contributed by atoms with Gasteiger partial charge in [-0.1, -0.05) is 6.58 Å². The average molecular weight is 126 g/mol. The second kappa shape index (κ2) is 2.40. The molecule has 0 aromatic rings. The molecule has 0 amide bonds. The smallest absolute Gasteiger partial charge is 0.0171 e. The number of rotatable bonds is 2. The van der Waals surface area contributed by atoms with E-state index < -0.39 is 0 Å². The molecule has 9 heavy (non-hydrogen) atoms. The highest BCUT2D eigenvalue weighted by Crippen LogP contribution is 2.25. The Morgan fingerprint density at radius 1 is 1.67 bits per heavy atom. The van der Waals surface area contributed by atoms with Gasteiger partial charge in [-0.05, 0) is 31.9 Å². The quantitative estimate of drug-likeness (QED) is 0.528. The van der Waals surface area contributed by atoms with Crippen LogP contribution < -0.4 is 0 Å². The summed E-state index contributed by atoms with van der Waals surface area (Å²) in [5.41, 5.74) is 0.639. The molecule has 0 radical (unpaired) electrons. The van der Waals surface area contributed by atoms with E-state index in [0.717, 1.165) is 17.9 Å². The summed E-state index contributed by atoms with van der Waals surface area (Å²) in [6.45, 7) is 5.33. The molecule has 1 fully saturated rings. The summed E-state index contributed by atoms with van der Waals surface area (Å²) >= 11 is 0. The van der Waals surface area contributed by atoms with Gasteiger partial charge in [0.25, 0.3) is 0 Å². The molecule has 0 aromatic carbocycles. The van der Waals surface area contributed by atoms with E-state index in [1.807, 2.05) is 0 Å². The maximum Gasteiger partial charge on any atom is 0.0171 e. The van der Waals surface area contributed by atoms with E-state index in [2.05, 4.69) is 6.58 Å². The predicted octanol–water partition coefficient (Wildman–Crippen LogP) is 1.87. The lowest BCUT2D eigenvalue weighted by molar-refractivity contribution is 0.225.